The number of anilines is 1. The van der Waals surface area contributed by atoms with E-state index in [2.05, 4.69) is 4.99 Å². The van der Waals surface area contributed by atoms with Crippen LogP contribution < -0.4 is 9.64 Å². The second-order valence-corrected chi connectivity index (χ2v) is 9.27. The molecule has 2 atom stereocenters. The van der Waals surface area contributed by atoms with Gasteiger partial charge in [0.2, 0.25) is 5.91 Å². The van der Waals surface area contributed by atoms with E-state index in [1.165, 1.54) is 11.8 Å². The van der Waals surface area contributed by atoms with Gasteiger partial charge in [-0.25, -0.2) is 8.42 Å². The molecule has 0 bridgehead atoms. The molecule has 2 heterocycles. The normalized spacial score (nSPS) is 26.6. The number of carbonyl (C=O) groups is 1. The predicted molar refractivity (Wildman–Crippen MR) is 96.6 cm³/mol. The summed E-state index contributed by atoms with van der Waals surface area (Å²) < 4.78 is 29.1. The number of rotatable bonds is 4. The van der Waals surface area contributed by atoms with Gasteiger partial charge in [0, 0.05) is 17.4 Å². The van der Waals surface area contributed by atoms with E-state index in [-0.39, 0.29) is 28.7 Å². The van der Waals surface area contributed by atoms with Crippen LogP contribution in [-0.2, 0) is 14.6 Å². The summed E-state index contributed by atoms with van der Waals surface area (Å²) in [6, 6.07) is 7.20. The highest BCUT2D eigenvalue weighted by atomic mass is 32.2. The second-order valence-electron chi connectivity index (χ2n) is 5.91. The van der Waals surface area contributed by atoms with Crippen LogP contribution >= 0.6 is 11.8 Å². The van der Waals surface area contributed by atoms with E-state index in [0.29, 0.717) is 11.6 Å². The topological polar surface area (TPSA) is 76.0 Å². The van der Waals surface area contributed by atoms with Crippen LogP contribution in [0.25, 0.3) is 0 Å². The van der Waals surface area contributed by atoms with E-state index in [1.54, 1.807) is 7.11 Å². The lowest BCUT2D eigenvalue weighted by Crippen LogP contribution is -2.37. The SMILES string of the molecule is CCCC(=O)N=C1S[C@@H]2CS(=O)(=O)C[C@H]2N1c1ccc(OC)cc1. The van der Waals surface area contributed by atoms with Crippen molar-refractivity contribution in [1.82, 2.24) is 0 Å². The Balaban J connectivity index is 1.96. The van der Waals surface area contributed by atoms with Crippen molar-refractivity contribution in [3.8, 4) is 5.75 Å². The van der Waals surface area contributed by atoms with Crippen LogP contribution in [0.3, 0.4) is 0 Å². The van der Waals surface area contributed by atoms with Gasteiger partial charge in [0.15, 0.2) is 15.0 Å². The molecule has 2 aliphatic rings. The minimum absolute atomic E-state index is 0.0784. The maximum Gasteiger partial charge on any atom is 0.248 e. The fourth-order valence-electron chi connectivity index (χ4n) is 2.99. The number of carbonyl (C=O) groups excluding carboxylic acids is 1. The lowest BCUT2D eigenvalue weighted by molar-refractivity contribution is -0.117. The number of hydrogen-bond acceptors (Lipinski definition) is 5. The number of aliphatic imine (C=N–C) groups is 1. The van der Waals surface area contributed by atoms with Crippen molar-refractivity contribution in [3.63, 3.8) is 0 Å². The smallest absolute Gasteiger partial charge is 0.248 e. The number of ether oxygens (including phenoxy) is 1. The van der Waals surface area contributed by atoms with Crippen LogP contribution in [0.2, 0.25) is 0 Å². The molecule has 0 radical (unpaired) electrons. The fourth-order valence-corrected chi connectivity index (χ4v) is 6.92. The lowest BCUT2D eigenvalue weighted by atomic mass is 10.2. The van der Waals surface area contributed by atoms with Crippen LogP contribution in [0, 0.1) is 0 Å². The van der Waals surface area contributed by atoms with Gasteiger partial charge >= 0.3 is 0 Å². The van der Waals surface area contributed by atoms with Crippen molar-refractivity contribution in [2.24, 2.45) is 4.99 Å². The van der Waals surface area contributed by atoms with Crippen molar-refractivity contribution in [3.05, 3.63) is 24.3 Å². The summed E-state index contributed by atoms with van der Waals surface area (Å²) in [4.78, 5) is 18.1. The summed E-state index contributed by atoms with van der Waals surface area (Å²) in [5.74, 6) is 0.788. The highest BCUT2D eigenvalue weighted by molar-refractivity contribution is 8.16. The van der Waals surface area contributed by atoms with Crippen LogP contribution in [0.5, 0.6) is 5.75 Å². The molecule has 2 saturated heterocycles. The summed E-state index contributed by atoms with van der Waals surface area (Å²) in [5.41, 5.74) is 0.830. The zero-order valence-corrected chi connectivity index (χ0v) is 15.3. The van der Waals surface area contributed by atoms with Crippen molar-refractivity contribution >= 4 is 38.4 Å². The Bertz CT molecular complexity index is 759. The lowest BCUT2D eigenvalue weighted by Gasteiger charge is -2.24. The van der Waals surface area contributed by atoms with Gasteiger partial charge in [-0.3, -0.25) is 4.79 Å². The molecule has 1 aromatic rings. The highest BCUT2D eigenvalue weighted by Gasteiger charge is 2.49. The second kappa shape index (κ2) is 6.76. The average molecular weight is 368 g/mol. The number of fused-ring (bicyclic) bond motifs is 1. The van der Waals surface area contributed by atoms with Crippen LogP contribution in [-0.4, -0.2) is 49.4 Å². The molecule has 2 fully saturated rings. The summed E-state index contributed by atoms with van der Waals surface area (Å²) in [5, 5.41) is 0.522. The van der Waals surface area contributed by atoms with Crippen molar-refractivity contribution in [1.29, 1.82) is 0 Å². The van der Waals surface area contributed by atoms with E-state index < -0.39 is 9.84 Å². The van der Waals surface area contributed by atoms with Gasteiger partial charge in [-0.1, -0.05) is 18.7 Å². The van der Waals surface area contributed by atoms with Crippen molar-refractivity contribution in [2.45, 2.75) is 31.1 Å². The molecular formula is C16H20N2O4S2. The van der Waals surface area contributed by atoms with Gasteiger partial charge in [-0.05, 0) is 30.7 Å². The molecule has 0 aromatic heterocycles. The van der Waals surface area contributed by atoms with Gasteiger partial charge in [0.25, 0.3) is 0 Å². The number of benzene rings is 1. The molecular weight excluding hydrogens is 348 g/mol. The Morgan fingerprint density at radius 2 is 2.04 bits per heavy atom. The Morgan fingerprint density at radius 1 is 1.33 bits per heavy atom. The molecule has 1 aromatic carbocycles. The molecule has 0 spiro atoms. The molecule has 0 unspecified atom stereocenters. The average Bonchev–Trinajstić information content (AvgIpc) is 2.98. The monoisotopic (exact) mass is 368 g/mol. The Morgan fingerprint density at radius 3 is 2.67 bits per heavy atom. The molecule has 130 valence electrons. The zero-order chi connectivity index (χ0) is 17.3. The third-order valence-electron chi connectivity index (χ3n) is 4.10. The predicted octanol–water partition coefficient (Wildman–Crippen LogP) is 2.10. The molecule has 3 rings (SSSR count). The first-order chi connectivity index (χ1) is 11.4. The molecule has 6 nitrogen and oxygen atoms in total. The van der Waals surface area contributed by atoms with Crippen LogP contribution in [0.15, 0.2) is 29.3 Å². The van der Waals surface area contributed by atoms with E-state index in [9.17, 15) is 13.2 Å². The Hall–Kier alpha value is -1.54. The van der Waals surface area contributed by atoms with Gasteiger partial charge in [0.1, 0.15) is 5.75 Å². The molecule has 24 heavy (non-hydrogen) atoms. The standard InChI is InChI=1S/C16H20N2O4S2/c1-3-4-15(19)17-16-18(11-5-7-12(22-2)8-6-11)13-9-24(20,21)10-14(13)23-16/h5-8,13-14H,3-4,9-10H2,1-2H3/t13-,14-/m1/s1. The first kappa shape index (κ1) is 17.3. The van der Waals surface area contributed by atoms with Gasteiger partial charge in [0.05, 0.1) is 24.7 Å². The zero-order valence-electron chi connectivity index (χ0n) is 13.6. The summed E-state index contributed by atoms with van der Waals surface area (Å²) in [6.45, 7) is 1.93. The number of nitrogens with zero attached hydrogens (tertiary/aromatic N) is 2. The maximum atomic E-state index is 12.0. The minimum Gasteiger partial charge on any atom is -0.497 e. The minimum atomic E-state index is -3.05. The molecule has 2 aliphatic heterocycles. The van der Waals surface area contributed by atoms with Gasteiger partial charge in [-0.2, -0.15) is 4.99 Å². The van der Waals surface area contributed by atoms with Crippen molar-refractivity contribution in [2.75, 3.05) is 23.5 Å². The van der Waals surface area contributed by atoms with E-state index >= 15 is 0 Å². The van der Waals surface area contributed by atoms with Crippen LogP contribution in [0.1, 0.15) is 19.8 Å². The largest absolute Gasteiger partial charge is 0.497 e. The number of amides is 1. The maximum absolute atomic E-state index is 12.0. The fraction of sp³-hybridized carbons (Fsp3) is 0.500. The summed E-state index contributed by atoms with van der Waals surface area (Å²) >= 11 is 1.40. The van der Waals surface area contributed by atoms with Crippen molar-refractivity contribution < 1.29 is 17.9 Å². The van der Waals surface area contributed by atoms with E-state index in [4.69, 9.17) is 4.74 Å². The van der Waals surface area contributed by atoms with Gasteiger partial charge < -0.3 is 9.64 Å². The molecule has 1 amide bonds. The summed E-state index contributed by atoms with van der Waals surface area (Å²) in [6.07, 6.45) is 1.14. The van der Waals surface area contributed by atoms with E-state index in [0.717, 1.165) is 17.9 Å². The molecule has 0 saturated carbocycles. The highest BCUT2D eigenvalue weighted by Crippen LogP contribution is 2.41. The number of hydrogen-bond donors (Lipinski definition) is 0. The number of sulfone groups is 1. The Labute approximate surface area is 146 Å². The molecule has 8 heteroatoms. The molecule has 0 aliphatic carbocycles. The molecule has 0 N–H and O–H groups in total. The first-order valence-electron chi connectivity index (χ1n) is 7.85. The number of methoxy groups -OCH3 is 1. The number of thioether (sulfide) groups is 1. The van der Waals surface area contributed by atoms with Gasteiger partial charge in [-0.15, -0.1) is 0 Å². The Kier molecular flexibility index (Phi) is 4.87. The quantitative estimate of drug-likeness (QED) is 0.810. The van der Waals surface area contributed by atoms with E-state index in [1.807, 2.05) is 36.1 Å². The summed E-state index contributed by atoms with van der Waals surface area (Å²) in [7, 11) is -1.45. The third kappa shape index (κ3) is 3.44. The third-order valence-corrected chi connectivity index (χ3v) is 7.31. The van der Waals surface area contributed by atoms with Crippen LogP contribution in [0.4, 0.5) is 5.69 Å². The first-order valence-corrected chi connectivity index (χ1v) is 10.6. The number of amidine groups is 1.